The van der Waals surface area contributed by atoms with Crippen molar-refractivity contribution in [2.24, 2.45) is 0 Å². The van der Waals surface area contributed by atoms with E-state index in [9.17, 15) is 23.1 Å². The van der Waals surface area contributed by atoms with Crippen LogP contribution in [0, 0.1) is 22.7 Å². The number of pyridine rings is 1. The molecular weight excluding hydrogens is 509 g/mol. The van der Waals surface area contributed by atoms with Gasteiger partial charge in [-0.25, -0.2) is 4.98 Å². The molecule has 1 aliphatic rings. The zero-order chi connectivity index (χ0) is 28.2. The normalized spacial score (nSPS) is 15.6. The Morgan fingerprint density at radius 2 is 1.67 bits per heavy atom. The molecular formula is C28H25F3N6O2. The first-order chi connectivity index (χ1) is 18.5. The van der Waals surface area contributed by atoms with Crippen LogP contribution in [0.25, 0.3) is 11.1 Å². The number of β-amino-alcohol motifs (C(OH)–C–C–N with tert-alkyl or cyclic N) is 1. The molecule has 1 atom stereocenters. The lowest BCUT2D eigenvalue weighted by Gasteiger charge is -2.38. The first-order valence-corrected chi connectivity index (χ1v) is 12.1. The standard InChI is InChI=1S/C28H25F3N6O2/c1-27(39,26(38)35-22-6-2-20(15-32)25(14-22)28(29,30)31)18-36-10-12-37(13-11-36)24-8-4-19(5-9-24)21-3-7-23(16-33)34-17-21/h2-9,14,17,39H,10-13,18H2,1H3,(H,35,38)/t27-/m0/s1. The number of hydrogen-bond donors (Lipinski definition) is 2. The molecule has 0 radical (unpaired) electrons. The smallest absolute Gasteiger partial charge is 0.379 e. The molecule has 0 aliphatic carbocycles. The number of amides is 1. The molecule has 1 saturated heterocycles. The van der Waals surface area contributed by atoms with Gasteiger partial charge in [-0.1, -0.05) is 12.1 Å². The van der Waals surface area contributed by atoms with Crippen LogP contribution in [-0.2, 0) is 11.0 Å². The summed E-state index contributed by atoms with van der Waals surface area (Å²) in [5, 5.41) is 31.0. The molecule has 0 saturated carbocycles. The number of piperazine rings is 1. The van der Waals surface area contributed by atoms with E-state index in [1.807, 2.05) is 41.3 Å². The van der Waals surface area contributed by atoms with Gasteiger partial charge in [-0.2, -0.15) is 23.7 Å². The molecule has 2 aromatic carbocycles. The molecule has 39 heavy (non-hydrogen) atoms. The predicted molar refractivity (Wildman–Crippen MR) is 138 cm³/mol. The van der Waals surface area contributed by atoms with Gasteiger partial charge in [-0.3, -0.25) is 9.69 Å². The van der Waals surface area contributed by atoms with E-state index in [1.165, 1.54) is 19.1 Å². The third-order valence-electron chi connectivity index (χ3n) is 6.54. The molecule has 11 heteroatoms. The summed E-state index contributed by atoms with van der Waals surface area (Å²) in [5.74, 6) is -0.837. The van der Waals surface area contributed by atoms with Crippen LogP contribution in [0.3, 0.4) is 0 Å². The number of nitrogens with zero attached hydrogens (tertiary/aromatic N) is 5. The van der Waals surface area contributed by atoms with Crippen LogP contribution < -0.4 is 10.2 Å². The van der Waals surface area contributed by atoms with Gasteiger partial charge >= 0.3 is 6.18 Å². The monoisotopic (exact) mass is 534 g/mol. The number of anilines is 2. The van der Waals surface area contributed by atoms with Crippen LogP contribution in [0.4, 0.5) is 24.5 Å². The number of aliphatic hydroxyl groups is 1. The Morgan fingerprint density at radius 3 is 2.23 bits per heavy atom. The maximum atomic E-state index is 13.2. The second-order valence-corrected chi connectivity index (χ2v) is 9.45. The van der Waals surface area contributed by atoms with Gasteiger partial charge in [0.15, 0.2) is 5.60 Å². The zero-order valence-corrected chi connectivity index (χ0v) is 21.0. The summed E-state index contributed by atoms with van der Waals surface area (Å²) >= 11 is 0. The van der Waals surface area contributed by atoms with E-state index in [4.69, 9.17) is 10.5 Å². The van der Waals surface area contributed by atoms with Crippen LogP contribution in [0.1, 0.15) is 23.7 Å². The van der Waals surface area contributed by atoms with Gasteiger partial charge in [0.2, 0.25) is 0 Å². The topological polar surface area (TPSA) is 116 Å². The molecule has 0 unspecified atom stereocenters. The predicted octanol–water partition coefficient (Wildman–Crippen LogP) is 4.02. The van der Waals surface area contributed by atoms with Gasteiger partial charge < -0.3 is 15.3 Å². The van der Waals surface area contributed by atoms with Gasteiger partial charge in [-0.05, 0) is 55.0 Å². The zero-order valence-electron chi connectivity index (χ0n) is 21.0. The summed E-state index contributed by atoms with van der Waals surface area (Å²) in [7, 11) is 0. The van der Waals surface area contributed by atoms with E-state index in [0.29, 0.717) is 37.9 Å². The summed E-state index contributed by atoms with van der Waals surface area (Å²) in [4.78, 5) is 20.9. The van der Waals surface area contributed by atoms with E-state index in [2.05, 4.69) is 15.2 Å². The lowest BCUT2D eigenvalue weighted by atomic mass is 10.0. The SMILES string of the molecule is C[C@](O)(CN1CCN(c2ccc(-c3ccc(C#N)nc3)cc2)CC1)C(=O)Nc1ccc(C#N)c(C(F)(F)F)c1. The highest BCUT2D eigenvalue weighted by atomic mass is 19.4. The number of carbonyl (C=O) groups excluding carboxylic acids is 1. The van der Waals surface area contributed by atoms with Crippen molar-refractivity contribution >= 4 is 17.3 Å². The Bertz CT molecular complexity index is 1420. The van der Waals surface area contributed by atoms with E-state index in [0.717, 1.165) is 22.9 Å². The molecule has 1 fully saturated rings. The second kappa shape index (κ2) is 11.1. The summed E-state index contributed by atoms with van der Waals surface area (Å²) in [6.07, 6.45) is -3.10. The Labute approximate surface area is 223 Å². The number of benzene rings is 2. The van der Waals surface area contributed by atoms with Crippen molar-refractivity contribution in [3.63, 3.8) is 0 Å². The number of rotatable bonds is 6. The van der Waals surface area contributed by atoms with E-state index < -0.39 is 28.8 Å². The van der Waals surface area contributed by atoms with Crippen molar-refractivity contribution < 1.29 is 23.1 Å². The van der Waals surface area contributed by atoms with Gasteiger partial charge in [0.05, 0.1) is 17.2 Å². The lowest BCUT2D eigenvalue weighted by Crippen LogP contribution is -2.54. The van der Waals surface area contributed by atoms with Crippen LogP contribution in [0.2, 0.25) is 0 Å². The molecule has 200 valence electrons. The minimum absolute atomic E-state index is 0.000287. The van der Waals surface area contributed by atoms with E-state index >= 15 is 0 Å². The van der Waals surface area contributed by atoms with E-state index in [1.54, 1.807) is 12.3 Å². The summed E-state index contributed by atoms with van der Waals surface area (Å²) in [6, 6.07) is 17.8. The van der Waals surface area contributed by atoms with Crippen LogP contribution in [-0.4, -0.2) is 59.2 Å². The average Bonchev–Trinajstić information content (AvgIpc) is 2.93. The third-order valence-corrected chi connectivity index (χ3v) is 6.54. The lowest BCUT2D eigenvalue weighted by molar-refractivity contribution is -0.138. The Morgan fingerprint density at radius 1 is 1.00 bits per heavy atom. The molecule has 1 aromatic heterocycles. The van der Waals surface area contributed by atoms with Crippen molar-refractivity contribution in [2.75, 3.05) is 42.9 Å². The molecule has 1 amide bonds. The number of nitriles is 2. The first kappa shape index (κ1) is 27.6. The number of carbonyl (C=O) groups is 1. The van der Waals surface area contributed by atoms with Crippen molar-refractivity contribution in [2.45, 2.75) is 18.7 Å². The minimum Gasteiger partial charge on any atom is -0.379 e. The maximum absolute atomic E-state index is 13.2. The minimum atomic E-state index is -4.75. The summed E-state index contributed by atoms with van der Waals surface area (Å²) < 4.78 is 39.7. The second-order valence-electron chi connectivity index (χ2n) is 9.45. The number of halogens is 3. The quantitative estimate of drug-likeness (QED) is 0.491. The highest BCUT2D eigenvalue weighted by Crippen LogP contribution is 2.34. The third kappa shape index (κ3) is 6.52. The summed E-state index contributed by atoms with van der Waals surface area (Å²) in [5.41, 5.74) is -0.462. The van der Waals surface area contributed by atoms with Crippen molar-refractivity contribution in [3.8, 4) is 23.3 Å². The number of aromatic nitrogens is 1. The van der Waals surface area contributed by atoms with Crippen molar-refractivity contribution in [3.05, 3.63) is 77.6 Å². The fourth-order valence-electron chi connectivity index (χ4n) is 4.39. The Hall–Kier alpha value is -4.45. The Balaban J connectivity index is 1.33. The summed E-state index contributed by atoms with van der Waals surface area (Å²) in [6.45, 7) is 3.76. The van der Waals surface area contributed by atoms with Crippen LogP contribution in [0.5, 0.6) is 0 Å². The molecule has 2 heterocycles. The highest BCUT2D eigenvalue weighted by molar-refractivity contribution is 5.97. The van der Waals surface area contributed by atoms with Gasteiger partial charge in [0, 0.05) is 55.9 Å². The molecule has 0 spiro atoms. The molecule has 1 aliphatic heterocycles. The van der Waals surface area contributed by atoms with Crippen LogP contribution >= 0.6 is 0 Å². The average molecular weight is 535 g/mol. The largest absolute Gasteiger partial charge is 0.417 e. The van der Waals surface area contributed by atoms with Crippen molar-refractivity contribution in [1.82, 2.24) is 9.88 Å². The molecule has 0 bridgehead atoms. The molecule has 3 aromatic rings. The molecule has 8 nitrogen and oxygen atoms in total. The Kier molecular flexibility index (Phi) is 7.86. The van der Waals surface area contributed by atoms with Gasteiger partial charge in [0.25, 0.3) is 5.91 Å². The number of alkyl halides is 3. The fraction of sp³-hybridized carbons (Fsp3) is 0.286. The first-order valence-electron chi connectivity index (χ1n) is 12.1. The number of nitrogens with one attached hydrogen (secondary N) is 1. The maximum Gasteiger partial charge on any atom is 0.417 e. The van der Waals surface area contributed by atoms with Gasteiger partial charge in [0.1, 0.15) is 11.8 Å². The molecule has 2 N–H and O–H groups in total. The van der Waals surface area contributed by atoms with Gasteiger partial charge in [-0.15, -0.1) is 0 Å². The van der Waals surface area contributed by atoms with E-state index in [-0.39, 0.29) is 12.2 Å². The van der Waals surface area contributed by atoms with Crippen LogP contribution in [0.15, 0.2) is 60.8 Å². The fourth-order valence-corrected chi connectivity index (χ4v) is 4.39. The highest BCUT2D eigenvalue weighted by Gasteiger charge is 2.36. The van der Waals surface area contributed by atoms with Crippen molar-refractivity contribution in [1.29, 1.82) is 10.5 Å². The molecule has 4 rings (SSSR count). The number of hydrogen-bond acceptors (Lipinski definition) is 7.